The number of nitrogens with zero attached hydrogens (tertiary/aromatic N) is 2. The number of likely N-dealkylation sites (N-methyl/N-ethyl adjacent to an activating group) is 1. The summed E-state index contributed by atoms with van der Waals surface area (Å²) in [5.41, 5.74) is 0.579. The van der Waals surface area contributed by atoms with Crippen LogP contribution in [0.15, 0.2) is 23.1 Å². The number of benzene rings is 1. The third-order valence-corrected chi connectivity index (χ3v) is 7.87. The molecule has 1 aromatic rings. The standard InChI is InChI=1S/C23H34N2O5S/c1-16-12-25(17(2)15-26)31(28,29)23-10-9-19(6-5-18(3)27)11-21(23)30-22(16)14-24(4)13-20-7-8-20/h9-11,16-18,20,22,26-27H,7-8,12-15H2,1-4H3/t16-,17+,18-,22+/m0/s1. The number of hydrogen-bond acceptors (Lipinski definition) is 6. The highest BCUT2D eigenvalue weighted by Gasteiger charge is 2.38. The average molecular weight is 451 g/mol. The molecule has 1 fully saturated rings. The number of sulfonamides is 1. The van der Waals surface area contributed by atoms with Crippen molar-refractivity contribution < 1.29 is 23.4 Å². The highest BCUT2D eigenvalue weighted by atomic mass is 32.2. The lowest BCUT2D eigenvalue weighted by molar-refractivity contribution is 0.0740. The van der Waals surface area contributed by atoms with E-state index in [4.69, 9.17) is 4.74 Å². The zero-order valence-electron chi connectivity index (χ0n) is 18.8. The number of rotatable bonds is 6. The van der Waals surface area contributed by atoms with Crippen LogP contribution in [0.25, 0.3) is 0 Å². The van der Waals surface area contributed by atoms with E-state index in [0.717, 1.165) is 12.5 Å². The van der Waals surface area contributed by atoms with Crippen LogP contribution >= 0.6 is 0 Å². The lowest BCUT2D eigenvalue weighted by Crippen LogP contribution is -2.49. The molecule has 3 rings (SSSR count). The Morgan fingerprint density at radius 1 is 1.29 bits per heavy atom. The van der Waals surface area contributed by atoms with Gasteiger partial charge < -0.3 is 19.8 Å². The van der Waals surface area contributed by atoms with Gasteiger partial charge in [0, 0.05) is 37.2 Å². The summed E-state index contributed by atoms with van der Waals surface area (Å²) in [5, 5.41) is 19.2. The highest BCUT2D eigenvalue weighted by Crippen LogP contribution is 2.35. The Morgan fingerprint density at radius 3 is 2.61 bits per heavy atom. The molecule has 31 heavy (non-hydrogen) atoms. The third-order valence-electron chi connectivity index (χ3n) is 5.85. The number of fused-ring (bicyclic) bond motifs is 1. The minimum atomic E-state index is -3.86. The SMILES string of the molecule is C[C@H](O)C#Cc1ccc2c(c1)O[C@H](CN(C)CC1CC1)[C@@H](C)CN([C@H](C)CO)S2(=O)=O. The summed E-state index contributed by atoms with van der Waals surface area (Å²) in [6, 6.07) is 4.22. The minimum absolute atomic E-state index is 0.0780. The lowest BCUT2D eigenvalue weighted by Gasteiger charge is -2.37. The van der Waals surface area contributed by atoms with Gasteiger partial charge in [-0.15, -0.1) is 0 Å². The predicted octanol–water partition coefficient (Wildman–Crippen LogP) is 1.53. The molecule has 8 heteroatoms. The molecule has 172 valence electrons. The van der Waals surface area contributed by atoms with E-state index in [1.165, 1.54) is 23.2 Å². The molecule has 1 heterocycles. The number of aliphatic hydroxyl groups is 2. The molecule has 2 N–H and O–H groups in total. The molecular formula is C23H34N2O5S. The van der Waals surface area contributed by atoms with E-state index in [2.05, 4.69) is 23.8 Å². The number of ether oxygens (including phenoxy) is 1. The molecule has 0 aromatic heterocycles. The topological polar surface area (TPSA) is 90.3 Å². The van der Waals surface area contributed by atoms with Crippen LogP contribution in [0.1, 0.15) is 39.2 Å². The molecule has 0 unspecified atom stereocenters. The monoisotopic (exact) mass is 450 g/mol. The molecule has 0 radical (unpaired) electrons. The van der Waals surface area contributed by atoms with E-state index >= 15 is 0 Å². The summed E-state index contributed by atoms with van der Waals surface area (Å²) >= 11 is 0. The summed E-state index contributed by atoms with van der Waals surface area (Å²) in [7, 11) is -1.79. The van der Waals surface area contributed by atoms with Crippen LogP contribution < -0.4 is 4.74 Å². The second-order valence-electron chi connectivity index (χ2n) is 9.01. The maximum atomic E-state index is 13.4. The van der Waals surface area contributed by atoms with Gasteiger partial charge in [-0.05, 0) is 57.9 Å². The lowest BCUT2D eigenvalue weighted by atomic mass is 10.0. The molecule has 0 amide bonds. The fourth-order valence-electron chi connectivity index (χ4n) is 3.83. The van der Waals surface area contributed by atoms with E-state index in [1.807, 2.05) is 6.92 Å². The predicted molar refractivity (Wildman–Crippen MR) is 119 cm³/mol. The van der Waals surface area contributed by atoms with Crippen LogP contribution in [0.2, 0.25) is 0 Å². The molecule has 0 bridgehead atoms. The van der Waals surface area contributed by atoms with Crippen LogP contribution in [-0.2, 0) is 10.0 Å². The van der Waals surface area contributed by atoms with Crippen molar-refractivity contribution in [3.63, 3.8) is 0 Å². The van der Waals surface area contributed by atoms with Gasteiger partial charge in [0.2, 0.25) is 10.0 Å². The van der Waals surface area contributed by atoms with Gasteiger partial charge in [0.1, 0.15) is 22.9 Å². The van der Waals surface area contributed by atoms with Gasteiger partial charge in [-0.1, -0.05) is 18.8 Å². The largest absolute Gasteiger partial charge is 0.487 e. The smallest absolute Gasteiger partial charge is 0.247 e. The summed E-state index contributed by atoms with van der Waals surface area (Å²) in [5.74, 6) is 6.48. The molecule has 0 spiro atoms. The second-order valence-corrected chi connectivity index (χ2v) is 10.9. The molecule has 1 aromatic carbocycles. The Hall–Kier alpha value is -1.63. The number of hydrogen-bond donors (Lipinski definition) is 2. The highest BCUT2D eigenvalue weighted by molar-refractivity contribution is 7.89. The van der Waals surface area contributed by atoms with Gasteiger partial charge in [-0.25, -0.2) is 8.42 Å². The zero-order chi connectivity index (χ0) is 22.8. The van der Waals surface area contributed by atoms with Crippen LogP contribution in [0.5, 0.6) is 5.75 Å². The van der Waals surface area contributed by atoms with Crippen molar-refractivity contribution in [1.29, 1.82) is 0 Å². The first-order chi connectivity index (χ1) is 14.6. The van der Waals surface area contributed by atoms with Crippen LogP contribution in [0.4, 0.5) is 0 Å². The molecule has 1 saturated carbocycles. The maximum absolute atomic E-state index is 13.4. The summed E-state index contributed by atoms with van der Waals surface area (Å²) in [4.78, 5) is 2.34. The maximum Gasteiger partial charge on any atom is 0.247 e. The van der Waals surface area contributed by atoms with Crippen molar-refractivity contribution in [2.45, 2.75) is 56.8 Å². The van der Waals surface area contributed by atoms with Crippen LogP contribution in [0, 0.1) is 23.7 Å². The molecule has 7 nitrogen and oxygen atoms in total. The van der Waals surface area contributed by atoms with E-state index in [9.17, 15) is 18.6 Å². The van der Waals surface area contributed by atoms with Gasteiger partial charge in [0.15, 0.2) is 0 Å². The normalized spacial score (nSPS) is 25.4. The molecule has 0 saturated heterocycles. The zero-order valence-corrected chi connectivity index (χ0v) is 19.6. The van der Waals surface area contributed by atoms with E-state index < -0.39 is 22.2 Å². The van der Waals surface area contributed by atoms with Crippen molar-refractivity contribution in [3.05, 3.63) is 23.8 Å². The van der Waals surface area contributed by atoms with Crippen LogP contribution in [0.3, 0.4) is 0 Å². The van der Waals surface area contributed by atoms with Crippen molar-refractivity contribution >= 4 is 10.0 Å². The van der Waals surface area contributed by atoms with Crippen molar-refractivity contribution in [1.82, 2.24) is 9.21 Å². The molecule has 1 aliphatic heterocycles. The van der Waals surface area contributed by atoms with Gasteiger partial charge >= 0.3 is 0 Å². The first-order valence-electron chi connectivity index (χ1n) is 10.9. The average Bonchev–Trinajstić information content (AvgIpc) is 3.52. The van der Waals surface area contributed by atoms with Crippen molar-refractivity contribution in [2.75, 3.05) is 33.3 Å². The Morgan fingerprint density at radius 2 is 2.00 bits per heavy atom. The first kappa shape index (κ1) is 24.0. The molecule has 1 aliphatic carbocycles. The summed E-state index contributed by atoms with van der Waals surface area (Å²) in [6.45, 7) is 6.98. The van der Waals surface area contributed by atoms with E-state index in [-0.39, 0.29) is 35.8 Å². The Kier molecular flexibility index (Phi) is 7.66. The molecule has 2 aliphatic rings. The fourth-order valence-corrected chi connectivity index (χ4v) is 5.66. The third kappa shape index (κ3) is 5.99. The van der Waals surface area contributed by atoms with Gasteiger partial charge in [-0.3, -0.25) is 0 Å². The quantitative estimate of drug-likeness (QED) is 0.639. The minimum Gasteiger partial charge on any atom is -0.487 e. The van der Waals surface area contributed by atoms with Gasteiger partial charge in [-0.2, -0.15) is 4.31 Å². The van der Waals surface area contributed by atoms with Crippen molar-refractivity contribution in [3.8, 4) is 17.6 Å². The Labute approximate surface area is 186 Å². The van der Waals surface area contributed by atoms with Crippen molar-refractivity contribution in [2.24, 2.45) is 11.8 Å². The number of aliphatic hydroxyl groups excluding tert-OH is 2. The first-order valence-corrected chi connectivity index (χ1v) is 12.4. The molecule has 4 atom stereocenters. The Balaban J connectivity index is 2.00. The van der Waals surface area contributed by atoms with Gasteiger partial charge in [0.25, 0.3) is 0 Å². The molecular weight excluding hydrogens is 416 g/mol. The van der Waals surface area contributed by atoms with Gasteiger partial charge in [0.05, 0.1) is 6.61 Å². The van der Waals surface area contributed by atoms with E-state index in [1.54, 1.807) is 26.0 Å². The van der Waals surface area contributed by atoms with Crippen LogP contribution in [-0.4, -0.2) is 79.4 Å². The fraction of sp³-hybridized carbons (Fsp3) is 0.652. The summed E-state index contributed by atoms with van der Waals surface area (Å²) < 4.78 is 34.6. The summed E-state index contributed by atoms with van der Waals surface area (Å²) in [6.07, 6.45) is 1.53. The Bertz CT molecular complexity index is 933. The second kappa shape index (κ2) is 9.88. The van der Waals surface area contributed by atoms with E-state index in [0.29, 0.717) is 12.1 Å².